The lowest BCUT2D eigenvalue weighted by Gasteiger charge is -2.14. The first-order valence-corrected chi connectivity index (χ1v) is 4.86. The Kier molecular flexibility index (Phi) is 2.51. The molecule has 15 heavy (non-hydrogen) atoms. The van der Waals surface area contributed by atoms with Gasteiger partial charge in [0.05, 0.1) is 5.69 Å². The largest absolute Gasteiger partial charge is 0.350 e. The summed E-state index contributed by atoms with van der Waals surface area (Å²) in [4.78, 5) is 11.0. The fraction of sp³-hybridized carbons (Fsp3) is 0. The summed E-state index contributed by atoms with van der Waals surface area (Å²) in [6.45, 7) is 0. The van der Waals surface area contributed by atoms with Crippen LogP contribution in [0.25, 0.3) is 10.8 Å². The predicted molar refractivity (Wildman–Crippen MR) is 65.0 cm³/mol. The molecule has 0 aliphatic carbocycles. The van der Waals surface area contributed by atoms with Gasteiger partial charge in [-0.15, -0.1) is 0 Å². The van der Waals surface area contributed by atoms with Gasteiger partial charge < -0.3 is 5.73 Å². The van der Waals surface area contributed by atoms with E-state index in [0.717, 1.165) is 15.1 Å². The zero-order chi connectivity index (χ0) is 10.8. The molecule has 2 rings (SSSR count). The molecule has 0 fully saturated rings. The summed E-state index contributed by atoms with van der Waals surface area (Å²) in [5.74, 6) is 0. The van der Waals surface area contributed by atoms with E-state index < -0.39 is 6.03 Å². The number of amides is 2. The Bertz CT molecular complexity index is 507. The number of primary amides is 1. The monoisotopic (exact) mass is 218 g/mol. The maximum atomic E-state index is 11.0. The Morgan fingerprint density at radius 3 is 2.53 bits per heavy atom. The number of hydrogen-bond acceptors (Lipinski definition) is 2. The molecule has 3 nitrogen and oxygen atoms in total. The van der Waals surface area contributed by atoms with Crippen molar-refractivity contribution in [1.29, 1.82) is 0 Å². The van der Waals surface area contributed by atoms with Gasteiger partial charge in [-0.1, -0.05) is 49.2 Å². The first-order valence-electron chi connectivity index (χ1n) is 4.46. The third-order valence-corrected chi connectivity index (χ3v) is 2.62. The molecule has 2 amide bonds. The molecular weight excluding hydrogens is 208 g/mol. The van der Waals surface area contributed by atoms with Gasteiger partial charge in [0.15, 0.2) is 0 Å². The zero-order valence-electron chi connectivity index (χ0n) is 7.92. The number of hydrogen-bond donors (Lipinski definition) is 2. The van der Waals surface area contributed by atoms with E-state index in [0.29, 0.717) is 5.69 Å². The number of fused-ring (bicyclic) bond motifs is 1. The van der Waals surface area contributed by atoms with Crippen LogP contribution < -0.4 is 10.0 Å². The number of nitrogens with two attached hydrogens (primary N) is 1. The highest BCUT2D eigenvalue weighted by Crippen LogP contribution is 2.27. The molecule has 0 aliphatic heterocycles. The number of thiol groups is 1. The minimum absolute atomic E-state index is 0.588. The number of carbonyl (C=O) groups is 1. The maximum Gasteiger partial charge on any atom is 0.329 e. The molecule has 0 unspecified atom stereocenters. The lowest BCUT2D eigenvalue weighted by atomic mass is 10.1. The Morgan fingerprint density at radius 1 is 1.13 bits per heavy atom. The van der Waals surface area contributed by atoms with Crippen LogP contribution in [0.2, 0.25) is 0 Å². The van der Waals surface area contributed by atoms with Gasteiger partial charge >= 0.3 is 6.03 Å². The SMILES string of the molecule is NC(=O)N(S)c1cccc2ccccc12. The van der Waals surface area contributed by atoms with Crippen LogP contribution in [0.4, 0.5) is 10.5 Å². The second-order valence-electron chi connectivity index (χ2n) is 3.15. The molecule has 2 N–H and O–H groups in total. The quantitative estimate of drug-likeness (QED) is 0.710. The summed E-state index contributed by atoms with van der Waals surface area (Å²) < 4.78 is 1.14. The van der Waals surface area contributed by atoms with E-state index in [1.807, 2.05) is 36.4 Å². The van der Waals surface area contributed by atoms with Crippen molar-refractivity contribution in [3.63, 3.8) is 0 Å². The maximum absolute atomic E-state index is 11.0. The Morgan fingerprint density at radius 2 is 1.80 bits per heavy atom. The zero-order valence-corrected chi connectivity index (χ0v) is 8.82. The first kappa shape index (κ1) is 9.86. The van der Waals surface area contributed by atoms with E-state index >= 15 is 0 Å². The average molecular weight is 218 g/mol. The van der Waals surface area contributed by atoms with Crippen molar-refractivity contribution in [3.8, 4) is 0 Å². The van der Waals surface area contributed by atoms with E-state index in [1.54, 1.807) is 6.07 Å². The van der Waals surface area contributed by atoms with E-state index in [4.69, 9.17) is 5.73 Å². The van der Waals surface area contributed by atoms with Gasteiger partial charge in [0.25, 0.3) is 0 Å². The van der Waals surface area contributed by atoms with Gasteiger partial charge in [0, 0.05) is 5.39 Å². The minimum Gasteiger partial charge on any atom is -0.350 e. The molecule has 2 aromatic carbocycles. The smallest absolute Gasteiger partial charge is 0.329 e. The summed E-state index contributed by atoms with van der Waals surface area (Å²) in [6, 6.07) is 12.8. The molecular formula is C11H10N2OS. The summed E-state index contributed by atoms with van der Waals surface area (Å²) >= 11 is 4.05. The van der Waals surface area contributed by atoms with Crippen LogP contribution in [0.1, 0.15) is 0 Å². The van der Waals surface area contributed by atoms with Crippen LogP contribution in [0.15, 0.2) is 42.5 Å². The second kappa shape index (κ2) is 3.82. The van der Waals surface area contributed by atoms with Crippen molar-refractivity contribution in [2.24, 2.45) is 5.73 Å². The van der Waals surface area contributed by atoms with Gasteiger partial charge in [-0.25, -0.2) is 9.10 Å². The highest BCUT2D eigenvalue weighted by molar-refractivity contribution is 7.82. The third kappa shape index (κ3) is 1.76. The first-order chi connectivity index (χ1) is 7.20. The van der Waals surface area contributed by atoms with E-state index in [2.05, 4.69) is 12.8 Å². The van der Waals surface area contributed by atoms with Crippen LogP contribution in [0.3, 0.4) is 0 Å². The Balaban J connectivity index is 2.65. The fourth-order valence-electron chi connectivity index (χ4n) is 1.51. The van der Waals surface area contributed by atoms with Crippen molar-refractivity contribution >= 4 is 35.3 Å². The molecule has 0 aliphatic rings. The van der Waals surface area contributed by atoms with E-state index in [9.17, 15) is 4.79 Å². The summed E-state index contributed by atoms with van der Waals surface area (Å²) in [7, 11) is 0. The van der Waals surface area contributed by atoms with Crippen LogP contribution in [0, 0.1) is 0 Å². The van der Waals surface area contributed by atoms with E-state index in [-0.39, 0.29) is 0 Å². The molecule has 0 spiro atoms. The van der Waals surface area contributed by atoms with Crippen molar-refractivity contribution < 1.29 is 4.79 Å². The molecule has 76 valence electrons. The van der Waals surface area contributed by atoms with Crippen LogP contribution in [-0.4, -0.2) is 6.03 Å². The number of urea groups is 1. The average Bonchev–Trinajstić information content (AvgIpc) is 2.27. The molecule has 0 atom stereocenters. The molecule has 0 heterocycles. The standard InChI is InChI=1S/C11H10N2OS/c12-11(14)13(15)10-7-3-5-8-4-1-2-6-9(8)10/h1-7,15H,(H2,12,14). The lowest BCUT2D eigenvalue weighted by molar-refractivity contribution is 0.257. The molecule has 0 bridgehead atoms. The van der Waals surface area contributed by atoms with Crippen molar-refractivity contribution in [2.75, 3.05) is 4.31 Å². The van der Waals surface area contributed by atoms with Gasteiger partial charge in [0.2, 0.25) is 0 Å². The Hall–Kier alpha value is -1.68. The molecule has 0 saturated carbocycles. The van der Waals surface area contributed by atoms with Gasteiger partial charge in [-0.2, -0.15) is 0 Å². The summed E-state index contributed by atoms with van der Waals surface area (Å²) in [5, 5.41) is 2.00. The highest BCUT2D eigenvalue weighted by atomic mass is 32.1. The lowest BCUT2D eigenvalue weighted by Crippen LogP contribution is -2.27. The van der Waals surface area contributed by atoms with Gasteiger partial charge in [0.1, 0.15) is 0 Å². The molecule has 0 aromatic heterocycles. The summed E-state index contributed by atoms with van der Waals surface area (Å²) in [5.41, 5.74) is 5.87. The molecule has 0 radical (unpaired) electrons. The fourth-order valence-corrected chi connectivity index (χ4v) is 1.69. The highest BCUT2D eigenvalue weighted by Gasteiger charge is 2.10. The van der Waals surface area contributed by atoms with Gasteiger partial charge in [-0.3, -0.25) is 0 Å². The van der Waals surface area contributed by atoms with Crippen LogP contribution in [-0.2, 0) is 0 Å². The van der Waals surface area contributed by atoms with Crippen molar-refractivity contribution in [1.82, 2.24) is 0 Å². The predicted octanol–water partition coefficient (Wildman–Crippen LogP) is 2.57. The Labute approximate surface area is 93.0 Å². The number of anilines is 1. The van der Waals surface area contributed by atoms with Crippen LogP contribution in [0.5, 0.6) is 0 Å². The van der Waals surface area contributed by atoms with Gasteiger partial charge in [-0.05, 0) is 11.5 Å². The number of nitrogens with zero attached hydrogens (tertiary/aromatic N) is 1. The van der Waals surface area contributed by atoms with Crippen molar-refractivity contribution in [2.45, 2.75) is 0 Å². The number of rotatable bonds is 1. The number of carbonyl (C=O) groups excluding carboxylic acids is 1. The topological polar surface area (TPSA) is 46.3 Å². The van der Waals surface area contributed by atoms with E-state index in [1.165, 1.54) is 0 Å². The van der Waals surface area contributed by atoms with Crippen molar-refractivity contribution in [3.05, 3.63) is 42.5 Å². The normalized spacial score (nSPS) is 10.2. The number of benzene rings is 2. The third-order valence-electron chi connectivity index (χ3n) is 2.20. The summed E-state index contributed by atoms with van der Waals surface area (Å²) in [6.07, 6.45) is 0. The second-order valence-corrected chi connectivity index (χ2v) is 3.55. The molecule has 4 heteroatoms. The molecule has 0 saturated heterocycles. The van der Waals surface area contributed by atoms with Crippen LogP contribution >= 0.6 is 12.8 Å². The molecule has 2 aromatic rings. The minimum atomic E-state index is -0.588.